The molecule has 0 aromatic heterocycles. The summed E-state index contributed by atoms with van der Waals surface area (Å²) in [6.45, 7) is 1.96. The van der Waals surface area contributed by atoms with Crippen molar-refractivity contribution in [3.05, 3.63) is 29.8 Å². The lowest BCUT2D eigenvalue weighted by atomic mass is 10.1. The number of urea groups is 1. The van der Waals surface area contributed by atoms with E-state index in [0.717, 1.165) is 5.56 Å². The number of rotatable bonds is 4. The van der Waals surface area contributed by atoms with Gasteiger partial charge in [0, 0.05) is 6.54 Å². The van der Waals surface area contributed by atoms with Gasteiger partial charge in [0.25, 0.3) is 10.0 Å². The number of hydrogen-bond acceptors (Lipinski definition) is 5. The number of sulfonamides is 1. The number of aryl methyl sites for hydroxylation is 1. The summed E-state index contributed by atoms with van der Waals surface area (Å²) in [5, 5.41) is 2.41. The third-order valence-electron chi connectivity index (χ3n) is 3.44. The molecule has 1 unspecified atom stereocenters. The van der Waals surface area contributed by atoms with Gasteiger partial charge in [-0.25, -0.2) is 26.4 Å². The van der Waals surface area contributed by atoms with Gasteiger partial charge in [-0.1, -0.05) is 17.7 Å². The van der Waals surface area contributed by atoms with Crippen molar-refractivity contribution in [2.75, 3.05) is 18.1 Å². The first kappa shape index (κ1) is 16.8. The molecular formula is C13H18N2O5S2. The van der Waals surface area contributed by atoms with E-state index < -0.39 is 25.9 Å². The van der Waals surface area contributed by atoms with Gasteiger partial charge in [0.1, 0.15) is 0 Å². The second kappa shape index (κ2) is 6.25. The zero-order chi connectivity index (χ0) is 16.4. The molecule has 2 rings (SSSR count). The van der Waals surface area contributed by atoms with Crippen molar-refractivity contribution >= 4 is 25.9 Å². The highest BCUT2D eigenvalue weighted by molar-refractivity contribution is 7.91. The largest absolute Gasteiger partial charge is 0.337 e. The summed E-state index contributed by atoms with van der Waals surface area (Å²) in [6, 6.07) is 5.24. The smallest absolute Gasteiger partial charge is 0.328 e. The number of carbonyl (C=O) groups is 1. The summed E-state index contributed by atoms with van der Waals surface area (Å²) in [5.41, 5.74) is 0.908. The van der Waals surface area contributed by atoms with E-state index in [1.807, 2.05) is 11.6 Å². The highest BCUT2D eigenvalue weighted by atomic mass is 32.2. The van der Waals surface area contributed by atoms with Gasteiger partial charge in [-0.05, 0) is 31.4 Å². The van der Waals surface area contributed by atoms with E-state index in [0.29, 0.717) is 6.42 Å². The van der Waals surface area contributed by atoms with Gasteiger partial charge in [0.05, 0.1) is 16.4 Å². The van der Waals surface area contributed by atoms with Crippen molar-refractivity contribution in [3.63, 3.8) is 0 Å². The molecule has 0 aliphatic carbocycles. The Morgan fingerprint density at radius 1 is 1.27 bits per heavy atom. The van der Waals surface area contributed by atoms with Crippen molar-refractivity contribution < 1.29 is 21.6 Å². The summed E-state index contributed by atoms with van der Waals surface area (Å²) in [4.78, 5) is 11.7. The van der Waals surface area contributed by atoms with Gasteiger partial charge in [-0.2, -0.15) is 0 Å². The molecular weight excluding hydrogens is 328 g/mol. The van der Waals surface area contributed by atoms with Crippen LogP contribution in [-0.2, 0) is 19.9 Å². The number of amides is 2. The zero-order valence-electron chi connectivity index (χ0n) is 12.1. The lowest BCUT2D eigenvalue weighted by Crippen LogP contribution is -2.41. The van der Waals surface area contributed by atoms with Crippen LogP contribution in [0.25, 0.3) is 0 Å². The van der Waals surface area contributed by atoms with Crippen LogP contribution in [0.2, 0.25) is 0 Å². The lowest BCUT2D eigenvalue weighted by molar-refractivity contribution is 0.244. The van der Waals surface area contributed by atoms with Crippen LogP contribution >= 0.6 is 0 Å². The minimum absolute atomic E-state index is 0.00306. The molecule has 1 atom stereocenters. The Morgan fingerprint density at radius 3 is 2.45 bits per heavy atom. The molecule has 7 nitrogen and oxygen atoms in total. The minimum atomic E-state index is -3.93. The van der Waals surface area contributed by atoms with E-state index in [-0.39, 0.29) is 28.9 Å². The molecule has 0 spiro atoms. The van der Waals surface area contributed by atoms with Gasteiger partial charge in [-0.15, -0.1) is 0 Å². The average Bonchev–Trinajstić information content (AvgIpc) is 2.76. The van der Waals surface area contributed by atoms with Crippen LogP contribution in [0.3, 0.4) is 0 Å². The van der Waals surface area contributed by atoms with Gasteiger partial charge in [0.2, 0.25) is 0 Å². The SMILES string of the molecule is Cc1ccc(S(=O)(=O)NC(=O)NCC2CCS(=O)(=O)C2)cc1. The van der Waals surface area contributed by atoms with Crippen LogP contribution in [0.4, 0.5) is 4.79 Å². The molecule has 1 saturated heterocycles. The van der Waals surface area contributed by atoms with E-state index in [2.05, 4.69) is 5.32 Å². The minimum Gasteiger partial charge on any atom is -0.337 e. The summed E-state index contributed by atoms with van der Waals surface area (Å²) < 4.78 is 48.5. The van der Waals surface area contributed by atoms with Crippen LogP contribution in [0.1, 0.15) is 12.0 Å². The number of hydrogen-bond donors (Lipinski definition) is 2. The number of carbonyl (C=O) groups excluding carboxylic acids is 1. The van der Waals surface area contributed by atoms with Gasteiger partial charge in [0.15, 0.2) is 9.84 Å². The molecule has 0 saturated carbocycles. The molecule has 2 amide bonds. The average molecular weight is 346 g/mol. The zero-order valence-corrected chi connectivity index (χ0v) is 13.7. The number of benzene rings is 1. The maximum Gasteiger partial charge on any atom is 0.328 e. The quantitative estimate of drug-likeness (QED) is 0.821. The monoisotopic (exact) mass is 346 g/mol. The second-order valence-electron chi connectivity index (χ2n) is 5.40. The second-order valence-corrected chi connectivity index (χ2v) is 9.31. The van der Waals surface area contributed by atoms with E-state index in [1.54, 1.807) is 12.1 Å². The summed E-state index contributed by atoms with van der Waals surface area (Å²) >= 11 is 0. The normalized spacial score (nSPS) is 20.5. The fraction of sp³-hybridized carbons (Fsp3) is 0.462. The predicted octanol–water partition coefficient (Wildman–Crippen LogP) is 0.418. The predicted molar refractivity (Wildman–Crippen MR) is 81.7 cm³/mol. The Bertz CT molecular complexity index is 754. The maximum absolute atomic E-state index is 12.0. The highest BCUT2D eigenvalue weighted by Gasteiger charge is 2.28. The Balaban J connectivity index is 1.90. The van der Waals surface area contributed by atoms with Crippen LogP contribution in [0, 0.1) is 12.8 Å². The molecule has 1 aromatic rings. The Hall–Kier alpha value is -1.61. The van der Waals surface area contributed by atoms with E-state index in [1.165, 1.54) is 12.1 Å². The first-order chi connectivity index (χ1) is 10.2. The van der Waals surface area contributed by atoms with E-state index in [4.69, 9.17) is 0 Å². The third kappa shape index (κ3) is 4.44. The molecule has 0 bridgehead atoms. The van der Waals surface area contributed by atoms with E-state index >= 15 is 0 Å². The topological polar surface area (TPSA) is 109 Å². The highest BCUT2D eigenvalue weighted by Crippen LogP contribution is 2.17. The van der Waals surface area contributed by atoms with Gasteiger partial charge >= 0.3 is 6.03 Å². The summed E-state index contributed by atoms with van der Waals surface area (Å²) in [7, 11) is -6.94. The van der Waals surface area contributed by atoms with Crippen molar-refractivity contribution in [3.8, 4) is 0 Å². The fourth-order valence-corrected chi connectivity index (χ4v) is 4.99. The molecule has 0 radical (unpaired) electrons. The lowest BCUT2D eigenvalue weighted by Gasteiger charge is -2.11. The molecule has 1 fully saturated rings. The van der Waals surface area contributed by atoms with Gasteiger partial charge in [-0.3, -0.25) is 0 Å². The molecule has 1 aliphatic rings. The molecule has 2 N–H and O–H groups in total. The van der Waals surface area contributed by atoms with Crippen molar-refractivity contribution in [2.45, 2.75) is 18.2 Å². The van der Waals surface area contributed by atoms with Crippen molar-refractivity contribution in [2.24, 2.45) is 5.92 Å². The van der Waals surface area contributed by atoms with Crippen molar-refractivity contribution in [1.29, 1.82) is 0 Å². The molecule has 122 valence electrons. The standard InChI is InChI=1S/C13H18N2O5S2/c1-10-2-4-12(5-3-10)22(19,20)15-13(16)14-8-11-6-7-21(17,18)9-11/h2-5,11H,6-9H2,1H3,(H2,14,15,16). The maximum atomic E-state index is 12.0. The Morgan fingerprint density at radius 2 is 1.91 bits per heavy atom. The summed E-state index contributed by atoms with van der Waals surface area (Å²) in [6.07, 6.45) is 0.479. The third-order valence-corrected chi connectivity index (χ3v) is 6.62. The van der Waals surface area contributed by atoms with Crippen LogP contribution in [0.15, 0.2) is 29.2 Å². The van der Waals surface area contributed by atoms with Crippen LogP contribution in [0.5, 0.6) is 0 Å². The summed E-state index contributed by atoms with van der Waals surface area (Å²) in [5.74, 6) is -0.0292. The molecule has 1 aromatic carbocycles. The molecule has 22 heavy (non-hydrogen) atoms. The Labute approximate surface area is 130 Å². The van der Waals surface area contributed by atoms with Crippen molar-refractivity contribution in [1.82, 2.24) is 10.0 Å². The number of sulfone groups is 1. The molecule has 1 heterocycles. The Kier molecular flexibility index (Phi) is 4.76. The number of nitrogens with one attached hydrogen (secondary N) is 2. The molecule has 9 heteroatoms. The first-order valence-electron chi connectivity index (χ1n) is 6.76. The fourth-order valence-electron chi connectivity index (χ4n) is 2.20. The van der Waals surface area contributed by atoms with Crippen LogP contribution < -0.4 is 10.0 Å². The van der Waals surface area contributed by atoms with E-state index in [9.17, 15) is 21.6 Å². The van der Waals surface area contributed by atoms with Crippen LogP contribution in [-0.4, -0.2) is 40.9 Å². The van der Waals surface area contributed by atoms with Gasteiger partial charge < -0.3 is 5.32 Å². The molecule has 1 aliphatic heterocycles. The first-order valence-corrected chi connectivity index (χ1v) is 10.1.